The van der Waals surface area contributed by atoms with Gasteiger partial charge in [-0.25, -0.2) is 0 Å². The average molecular weight is 148 g/mol. The molecule has 0 aromatic carbocycles. The fourth-order valence-electron chi connectivity index (χ4n) is 0.466. The first kappa shape index (κ1) is 9.27. The average Bonchev–Trinajstić information content (AvgIpc) is 1.84. The summed E-state index contributed by atoms with van der Waals surface area (Å²) in [5.41, 5.74) is 5.53. The van der Waals surface area contributed by atoms with Crippen LogP contribution in [0.15, 0.2) is 0 Å². The Morgan fingerprint density at radius 2 is 2.11 bits per heavy atom. The maximum absolute atomic E-state index is 5.46. The van der Waals surface area contributed by atoms with E-state index in [0.29, 0.717) is 6.54 Å². The third-order valence-corrected chi connectivity index (χ3v) is 1.45. The van der Waals surface area contributed by atoms with Gasteiger partial charge in [0.05, 0.1) is 0 Å². The third-order valence-electron chi connectivity index (χ3n) is 1.23. The minimum absolute atomic E-state index is 0.0722. The van der Waals surface area contributed by atoms with E-state index in [0.717, 1.165) is 12.3 Å². The molecular formula is C6H16N2S. The Labute approximate surface area is 62.6 Å². The van der Waals surface area contributed by atoms with Crippen LogP contribution in [0.5, 0.6) is 0 Å². The molecule has 0 radical (unpaired) electrons. The molecule has 2 nitrogen and oxygen atoms in total. The van der Waals surface area contributed by atoms with E-state index < -0.39 is 0 Å². The van der Waals surface area contributed by atoms with E-state index in [2.05, 4.69) is 31.8 Å². The molecule has 0 amide bonds. The lowest BCUT2D eigenvalue weighted by Gasteiger charge is -2.23. The zero-order valence-electron chi connectivity index (χ0n) is 6.15. The number of hydrogen-bond acceptors (Lipinski definition) is 3. The van der Waals surface area contributed by atoms with Gasteiger partial charge in [-0.3, -0.25) is 0 Å². The first-order chi connectivity index (χ1) is 4.12. The molecule has 0 fully saturated rings. The van der Waals surface area contributed by atoms with Gasteiger partial charge in [-0.05, 0) is 13.8 Å². The van der Waals surface area contributed by atoms with Gasteiger partial charge in [-0.15, -0.1) is 0 Å². The maximum atomic E-state index is 5.46. The Hall–Kier alpha value is 0.270. The number of nitrogens with one attached hydrogen (secondary N) is 1. The second kappa shape index (κ2) is 4.14. The van der Waals surface area contributed by atoms with E-state index in [9.17, 15) is 0 Å². The summed E-state index contributed by atoms with van der Waals surface area (Å²) in [4.78, 5) is 0. The van der Waals surface area contributed by atoms with Gasteiger partial charge in [0.2, 0.25) is 0 Å². The molecule has 0 rings (SSSR count). The summed E-state index contributed by atoms with van der Waals surface area (Å²) in [5.74, 6) is 0.865. The predicted molar refractivity (Wildman–Crippen MR) is 45.0 cm³/mol. The number of rotatable bonds is 4. The van der Waals surface area contributed by atoms with Gasteiger partial charge in [-0.1, -0.05) is 0 Å². The highest BCUT2D eigenvalue weighted by Crippen LogP contribution is 1.96. The highest BCUT2D eigenvalue weighted by atomic mass is 32.1. The second-order valence-corrected chi connectivity index (χ2v) is 3.19. The van der Waals surface area contributed by atoms with Crippen LogP contribution >= 0.6 is 12.6 Å². The molecular weight excluding hydrogens is 132 g/mol. The zero-order valence-corrected chi connectivity index (χ0v) is 7.04. The van der Waals surface area contributed by atoms with Crippen molar-refractivity contribution in [2.24, 2.45) is 5.73 Å². The molecule has 0 aromatic rings. The molecule has 0 atom stereocenters. The molecule has 0 aliphatic rings. The molecule has 56 valence electrons. The van der Waals surface area contributed by atoms with Gasteiger partial charge in [0.25, 0.3) is 0 Å². The lowest BCUT2D eigenvalue weighted by Crippen LogP contribution is -2.46. The molecule has 0 unspecified atom stereocenters. The summed E-state index contributed by atoms with van der Waals surface area (Å²) in [5, 5.41) is 3.26. The minimum atomic E-state index is 0.0722. The van der Waals surface area contributed by atoms with Crippen molar-refractivity contribution < 1.29 is 0 Å². The Balaban J connectivity index is 3.33. The van der Waals surface area contributed by atoms with E-state index in [4.69, 9.17) is 5.73 Å². The first-order valence-electron chi connectivity index (χ1n) is 3.18. The smallest absolute Gasteiger partial charge is 0.0247 e. The Morgan fingerprint density at radius 1 is 1.56 bits per heavy atom. The van der Waals surface area contributed by atoms with Crippen LogP contribution in [0.3, 0.4) is 0 Å². The van der Waals surface area contributed by atoms with Gasteiger partial charge in [0.15, 0.2) is 0 Å². The van der Waals surface area contributed by atoms with Crippen molar-refractivity contribution in [3.8, 4) is 0 Å². The molecule has 0 saturated carbocycles. The van der Waals surface area contributed by atoms with E-state index in [1.54, 1.807) is 0 Å². The molecule has 3 heteroatoms. The standard InChI is InChI=1S/C6H16N2S/c1-6(2,5-7)8-3-4-9/h8-9H,3-5,7H2,1-2H3. The van der Waals surface area contributed by atoms with Crippen molar-refractivity contribution in [2.75, 3.05) is 18.8 Å². The lowest BCUT2D eigenvalue weighted by molar-refractivity contribution is 0.411. The monoisotopic (exact) mass is 148 g/mol. The molecule has 3 N–H and O–H groups in total. The topological polar surface area (TPSA) is 38.0 Å². The lowest BCUT2D eigenvalue weighted by atomic mass is 10.1. The van der Waals surface area contributed by atoms with E-state index in [1.165, 1.54) is 0 Å². The number of hydrogen-bond donors (Lipinski definition) is 3. The molecule has 0 aromatic heterocycles. The minimum Gasteiger partial charge on any atom is -0.329 e. The fourth-order valence-corrected chi connectivity index (χ4v) is 0.578. The summed E-state index contributed by atoms with van der Waals surface area (Å²) >= 11 is 4.07. The van der Waals surface area contributed by atoms with Crippen LogP contribution in [0.25, 0.3) is 0 Å². The summed E-state index contributed by atoms with van der Waals surface area (Å²) < 4.78 is 0. The summed E-state index contributed by atoms with van der Waals surface area (Å²) in [6.45, 7) is 5.75. The Bertz CT molecular complexity index is 73.5. The third kappa shape index (κ3) is 4.75. The maximum Gasteiger partial charge on any atom is 0.0247 e. The first-order valence-corrected chi connectivity index (χ1v) is 3.81. The van der Waals surface area contributed by atoms with Crippen molar-refractivity contribution >= 4 is 12.6 Å². The molecule has 0 aliphatic carbocycles. The summed E-state index contributed by atoms with van der Waals surface area (Å²) in [6, 6.07) is 0. The van der Waals surface area contributed by atoms with E-state index in [1.807, 2.05) is 0 Å². The predicted octanol–water partition coefficient (Wildman–Crippen LogP) is 0.243. The second-order valence-electron chi connectivity index (χ2n) is 2.74. The van der Waals surface area contributed by atoms with Crippen LogP contribution in [0.4, 0.5) is 0 Å². The zero-order chi connectivity index (χ0) is 7.33. The number of nitrogens with two attached hydrogens (primary N) is 1. The summed E-state index contributed by atoms with van der Waals surface area (Å²) in [7, 11) is 0. The number of thiol groups is 1. The van der Waals surface area contributed by atoms with Crippen LogP contribution in [-0.2, 0) is 0 Å². The normalized spacial score (nSPS) is 12.0. The van der Waals surface area contributed by atoms with Gasteiger partial charge in [0.1, 0.15) is 0 Å². The van der Waals surface area contributed by atoms with Crippen LogP contribution in [0.1, 0.15) is 13.8 Å². The van der Waals surface area contributed by atoms with Crippen LogP contribution in [0, 0.1) is 0 Å². The molecule has 0 saturated heterocycles. The van der Waals surface area contributed by atoms with Gasteiger partial charge < -0.3 is 11.1 Å². The molecule has 9 heavy (non-hydrogen) atoms. The highest BCUT2D eigenvalue weighted by Gasteiger charge is 2.12. The summed E-state index contributed by atoms with van der Waals surface area (Å²) in [6.07, 6.45) is 0. The van der Waals surface area contributed by atoms with Crippen LogP contribution in [-0.4, -0.2) is 24.4 Å². The van der Waals surface area contributed by atoms with E-state index >= 15 is 0 Å². The Morgan fingerprint density at radius 3 is 2.44 bits per heavy atom. The quantitative estimate of drug-likeness (QED) is 0.500. The Kier molecular flexibility index (Phi) is 4.27. The van der Waals surface area contributed by atoms with E-state index in [-0.39, 0.29) is 5.54 Å². The molecule has 0 heterocycles. The highest BCUT2D eigenvalue weighted by molar-refractivity contribution is 7.80. The van der Waals surface area contributed by atoms with Crippen molar-refractivity contribution in [3.05, 3.63) is 0 Å². The van der Waals surface area contributed by atoms with Gasteiger partial charge >= 0.3 is 0 Å². The van der Waals surface area contributed by atoms with Gasteiger partial charge in [0, 0.05) is 24.4 Å². The molecule has 0 aliphatic heterocycles. The molecule has 0 bridgehead atoms. The van der Waals surface area contributed by atoms with Crippen LogP contribution < -0.4 is 11.1 Å². The van der Waals surface area contributed by atoms with Crippen molar-refractivity contribution in [1.29, 1.82) is 0 Å². The van der Waals surface area contributed by atoms with Crippen LogP contribution in [0.2, 0.25) is 0 Å². The fraction of sp³-hybridized carbons (Fsp3) is 1.00. The molecule has 0 spiro atoms. The van der Waals surface area contributed by atoms with Crippen molar-refractivity contribution in [3.63, 3.8) is 0 Å². The van der Waals surface area contributed by atoms with Gasteiger partial charge in [-0.2, -0.15) is 12.6 Å². The SMILES string of the molecule is CC(C)(CN)NCCS. The van der Waals surface area contributed by atoms with Crippen molar-refractivity contribution in [2.45, 2.75) is 19.4 Å². The largest absolute Gasteiger partial charge is 0.329 e. The van der Waals surface area contributed by atoms with Crippen molar-refractivity contribution in [1.82, 2.24) is 5.32 Å².